The number of thioether (sulfide) groups is 1. The van der Waals surface area contributed by atoms with Crippen LogP contribution in [0, 0.1) is 17.0 Å². The summed E-state index contributed by atoms with van der Waals surface area (Å²) in [5.41, 5.74) is 3.16. The molecule has 2 heterocycles. The minimum atomic E-state index is -0.404. The van der Waals surface area contributed by atoms with Crippen LogP contribution < -0.4 is 4.90 Å². The minimum Gasteiger partial charge on any atom is -0.368 e. The van der Waals surface area contributed by atoms with Crippen molar-refractivity contribution in [1.29, 1.82) is 0 Å². The highest BCUT2D eigenvalue weighted by Crippen LogP contribution is 2.42. The van der Waals surface area contributed by atoms with Crippen LogP contribution in [0.4, 0.5) is 11.4 Å². The van der Waals surface area contributed by atoms with E-state index in [1.165, 1.54) is 17.7 Å². The number of carbonyl (C=O) groups is 2. The summed E-state index contributed by atoms with van der Waals surface area (Å²) in [6.45, 7) is 4.59. The van der Waals surface area contributed by atoms with Crippen molar-refractivity contribution in [3.8, 4) is 0 Å². The van der Waals surface area contributed by atoms with Crippen LogP contribution in [0.25, 0.3) is 6.08 Å². The van der Waals surface area contributed by atoms with Crippen molar-refractivity contribution in [2.24, 2.45) is 0 Å². The molecule has 194 valence electrons. The molecule has 2 aliphatic heterocycles. The number of nitrogens with zero attached hydrogens (tertiary/aromatic N) is 4. The predicted octanol–water partition coefficient (Wildman–Crippen LogP) is 4.48. The molecule has 0 aromatic heterocycles. The molecular weight excluding hydrogens is 488 g/mol. The summed E-state index contributed by atoms with van der Waals surface area (Å²) < 4.78 is 0. The van der Waals surface area contributed by atoms with Crippen LogP contribution in [-0.4, -0.2) is 70.6 Å². The maximum Gasteiger partial charge on any atom is 0.269 e. The number of hydrogen-bond acceptors (Lipinski definition) is 6. The standard InChI is InChI=1S/C28H32N4O4S/c1-20-6-8-21(9-7-20)18-26-28(34)31(24-4-2-3-5-25(24)37-26)19-27(33)30-16-14-29(15-17-30)22-10-12-23(13-11-22)32(35)36/h6-13,18,24-25H,2-5,14-17,19H2,1H3/b26-18-. The first-order valence-corrected chi connectivity index (χ1v) is 13.8. The molecular formula is C28H32N4O4S. The van der Waals surface area contributed by atoms with E-state index in [-0.39, 0.29) is 30.1 Å². The Hall–Kier alpha value is -3.33. The average molecular weight is 521 g/mol. The molecule has 9 heteroatoms. The fraction of sp³-hybridized carbons (Fsp3) is 0.429. The Balaban J connectivity index is 1.25. The molecule has 0 N–H and O–H groups in total. The van der Waals surface area contributed by atoms with E-state index in [4.69, 9.17) is 0 Å². The molecule has 0 bridgehead atoms. The van der Waals surface area contributed by atoms with Crippen LogP contribution in [0.3, 0.4) is 0 Å². The highest BCUT2D eigenvalue weighted by atomic mass is 32.2. The molecule has 2 amide bonds. The van der Waals surface area contributed by atoms with Gasteiger partial charge in [0, 0.05) is 55.3 Å². The third-order valence-corrected chi connectivity index (χ3v) is 8.96. The van der Waals surface area contributed by atoms with Gasteiger partial charge in [0.25, 0.3) is 11.6 Å². The molecule has 1 aliphatic carbocycles. The molecule has 0 spiro atoms. The summed E-state index contributed by atoms with van der Waals surface area (Å²) in [6.07, 6.45) is 6.23. The Morgan fingerprint density at radius 3 is 2.38 bits per heavy atom. The molecule has 1 saturated carbocycles. The topological polar surface area (TPSA) is 87.0 Å². The van der Waals surface area contributed by atoms with Crippen LogP contribution in [0.2, 0.25) is 0 Å². The van der Waals surface area contributed by atoms with Gasteiger partial charge in [-0.25, -0.2) is 0 Å². The summed E-state index contributed by atoms with van der Waals surface area (Å²) in [7, 11) is 0. The van der Waals surface area contributed by atoms with Crippen molar-refractivity contribution in [3.05, 3.63) is 74.7 Å². The number of nitro benzene ring substituents is 1. The number of aryl methyl sites for hydroxylation is 1. The number of fused-ring (bicyclic) bond motifs is 1. The number of benzene rings is 2. The lowest BCUT2D eigenvalue weighted by Crippen LogP contribution is -2.57. The Bertz CT molecular complexity index is 1190. The predicted molar refractivity (Wildman–Crippen MR) is 146 cm³/mol. The SMILES string of the molecule is Cc1ccc(/C=C2\SC3CCCCC3N(CC(=O)N3CCN(c4ccc([N+](=O)[O-])cc4)CC3)C2=O)cc1. The monoisotopic (exact) mass is 520 g/mol. The van der Waals surface area contributed by atoms with Gasteiger partial charge in [0.15, 0.2) is 0 Å². The molecule has 2 atom stereocenters. The van der Waals surface area contributed by atoms with E-state index in [1.54, 1.807) is 23.9 Å². The normalized spacial score (nSPS) is 23.2. The Morgan fingerprint density at radius 1 is 1.03 bits per heavy atom. The zero-order valence-electron chi connectivity index (χ0n) is 21.0. The fourth-order valence-electron chi connectivity index (χ4n) is 5.42. The number of carbonyl (C=O) groups excluding carboxylic acids is 2. The zero-order valence-corrected chi connectivity index (χ0v) is 21.9. The summed E-state index contributed by atoms with van der Waals surface area (Å²) in [6, 6.07) is 14.8. The summed E-state index contributed by atoms with van der Waals surface area (Å²) in [4.78, 5) is 44.0. The molecule has 37 heavy (non-hydrogen) atoms. The molecule has 3 fully saturated rings. The van der Waals surface area contributed by atoms with Gasteiger partial charge in [-0.05, 0) is 43.5 Å². The van der Waals surface area contributed by atoms with E-state index >= 15 is 0 Å². The van der Waals surface area contributed by atoms with Crippen molar-refractivity contribution in [2.45, 2.75) is 43.9 Å². The van der Waals surface area contributed by atoms with E-state index in [0.717, 1.165) is 41.8 Å². The molecule has 2 unspecified atom stereocenters. The van der Waals surface area contributed by atoms with Crippen molar-refractivity contribution < 1.29 is 14.5 Å². The summed E-state index contributed by atoms with van der Waals surface area (Å²) >= 11 is 1.69. The first-order valence-electron chi connectivity index (χ1n) is 12.9. The Labute approximate surface area is 221 Å². The maximum absolute atomic E-state index is 13.6. The first kappa shape index (κ1) is 25.3. The molecule has 2 aromatic carbocycles. The van der Waals surface area contributed by atoms with E-state index < -0.39 is 4.92 Å². The molecule has 5 rings (SSSR count). The van der Waals surface area contributed by atoms with Crippen LogP contribution in [0.1, 0.15) is 36.8 Å². The Morgan fingerprint density at radius 2 is 1.70 bits per heavy atom. The van der Waals surface area contributed by atoms with Crippen molar-refractivity contribution >= 4 is 41.0 Å². The molecule has 3 aliphatic rings. The van der Waals surface area contributed by atoms with E-state index in [2.05, 4.69) is 4.90 Å². The van der Waals surface area contributed by atoms with E-state index in [0.29, 0.717) is 31.4 Å². The van der Waals surface area contributed by atoms with Gasteiger partial charge in [-0.15, -0.1) is 11.8 Å². The van der Waals surface area contributed by atoms with Crippen LogP contribution in [0.15, 0.2) is 53.4 Å². The maximum atomic E-state index is 13.6. The van der Waals surface area contributed by atoms with Gasteiger partial charge in [0.2, 0.25) is 5.91 Å². The number of amides is 2. The summed E-state index contributed by atoms with van der Waals surface area (Å²) in [5, 5.41) is 11.2. The second kappa shape index (κ2) is 11.0. The quantitative estimate of drug-likeness (QED) is 0.328. The van der Waals surface area contributed by atoms with Gasteiger partial charge >= 0.3 is 0 Å². The Kier molecular flexibility index (Phi) is 7.50. The van der Waals surface area contributed by atoms with Crippen LogP contribution in [-0.2, 0) is 9.59 Å². The van der Waals surface area contributed by atoms with Crippen molar-refractivity contribution in [1.82, 2.24) is 9.80 Å². The number of non-ortho nitro benzene ring substituents is 1. The largest absolute Gasteiger partial charge is 0.368 e. The van der Waals surface area contributed by atoms with Gasteiger partial charge in [-0.2, -0.15) is 0 Å². The smallest absolute Gasteiger partial charge is 0.269 e. The number of anilines is 1. The van der Waals surface area contributed by atoms with Gasteiger partial charge in [0.1, 0.15) is 6.54 Å². The number of nitro groups is 1. The molecule has 2 aromatic rings. The number of piperazine rings is 1. The minimum absolute atomic E-state index is 0.0115. The lowest BCUT2D eigenvalue weighted by atomic mass is 9.93. The highest BCUT2D eigenvalue weighted by molar-refractivity contribution is 8.04. The van der Waals surface area contributed by atoms with Crippen LogP contribution in [0.5, 0.6) is 0 Å². The third kappa shape index (κ3) is 5.66. The molecule has 0 radical (unpaired) electrons. The second-order valence-electron chi connectivity index (χ2n) is 10.0. The first-order chi connectivity index (χ1) is 17.9. The fourth-order valence-corrected chi connectivity index (χ4v) is 6.89. The number of rotatable bonds is 5. The zero-order chi connectivity index (χ0) is 25.9. The van der Waals surface area contributed by atoms with Crippen molar-refractivity contribution in [2.75, 3.05) is 37.6 Å². The third-order valence-electron chi connectivity index (χ3n) is 7.56. The highest BCUT2D eigenvalue weighted by Gasteiger charge is 2.41. The van der Waals surface area contributed by atoms with Gasteiger partial charge in [-0.1, -0.05) is 42.7 Å². The summed E-state index contributed by atoms with van der Waals surface area (Å²) in [5.74, 6) is -0.0470. The van der Waals surface area contributed by atoms with Crippen molar-refractivity contribution in [3.63, 3.8) is 0 Å². The van der Waals surface area contributed by atoms with Gasteiger partial charge in [0.05, 0.1) is 9.83 Å². The molecule has 8 nitrogen and oxygen atoms in total. The lowest BCUT2D eigenvalue weighted by Gasteiger charge is -2.45. The number of hydrogen-bond donors (Lipinski definition) is 0. The van der Waals surface area contributed by atoms with Gasteiger partial charge < -0.3 is 14.7 Å². The lowest BCUT2D eigenvalue weighted by molar-refractivity contribution is -0.384. The van der Waals surface area contributed by atoms with Crippen LogP contribution >= 0.6 is 11.8 Å². The van der Waals surface area contributed by atoms with E-state index in [9.17, 15) is 19.7 Å². The molecule has 2 saturated heterocycles. The van der Waals surface area contributed by atoms with E-state index in [1.807, 2.05) is 47.1 Å². The average Bonchev–Trinajstić information content (AvgIpc) is 2.92. The van der Waals surface area contributed by atoms with Gasteiger partial charge in [-0.3, -0.25) is 19.7 Å². The second-order valence-corrected chi connectivity index (χ2v) is 11.3.